The number of carbonyl (C=O) groups is 2. The molecular formula is C22H33N3O4S. The van der Waals surface area contributed by atoms with E-state index in [0.717, 1.165) is 17.7 Å². The fraction of sp³-hybridized carbons (Fsp3) is 0.636. The Morgan fingerprint density at radius 2 is 1.87 bits per heavy atom. The molecule has 3 rings (SSSR count). The molecule has 2 amide bonds. The molecule has 2 aliphatic rings. The summed E-state index contributed by atoms with van der Waals surface area (Å²) in [5, 5.41) is 2.98. The molecule has 0 saturated carbocycles. The zero-order chi connectivity index (χ0) is 22.1. The Hall–Kier alpha value is -1.93. The molecule has 0 aliphatic carbocycles. The molecular weight excluding hydrogens is 402 g/mol. The van der Waals surface area contributed by atoms with Gasteiger partial charge in [0.15, 0.2) is 0 Å². The molecule has 2 aliphatic heterocycles. The molecule has 0 radical (unpaired) electrons. The molecule has 30 heavy (non-hydrogen) atoms. The summed E-state index contributed by atoms with van der Waals surface area (Å²) in [6.07, 6.45) is 2.66. The Bertz CT molecular complexity index is 905. The number of amides is 2. The first-order valence-electron chi connectivity index (χ1n) is 10.8. The van der Waals surface area contributed by atoms with Crippen molar-refractivity contribution in [1.82, 2.24) is 9.62 Å². The van der Waals surface area contributed by atoms with Crippen molar-refractivity contribution in [2.75, 3.05) is 24.5 Å². The van der Waals surface area contributed by atoms with Crippen LogP contribution in [0.4, 0.5) is 5.69 Å². The number of nitrogens with zero attached hydrogens (tertiary/aromatic N) is 2. The van der Waals surface area contributed by atoms with E-state index in [9.17, 15) is 18.0 Å². The van der Waals surface area contributed by atoms with Gasteiger partial charge in [0.05, 0.1) is 4.90 Å². The summed E-state index contributed by atoms with van der Waals surface area (Å²) in [6, 6.07) is 5.06. The van der Waals surface area contributed by atoms with E-state index >= 15 is 0 Å². The van der Waals surface area contributed by atoms with Crippen LogP contribution in [0.5, 0.6) is 0 Å². The average Bonchev–Trinajstić information content (AvgIpc) is 3.02. The quantitative estimate of drug-likeness (QED) is 0.744. The minimum absolute atomic E-state index is 0.0282. The standard InChI is InChI=1S/C22H33N3O4S/c1-15(2)7-10-23-22(27)18-8-11-24(12-9-18)30(28,29)20-5-6-21-19(14-20)13-16(3)25(21)17(4)26/h5-6,14-16,18H,7-13H2,1-4H3,(H,23,27)/t16-/m0/s1. The lowest BCUT2D eigenvalue weighted by molar-refractivity contribution is -0.126. The second kappa shape index (κ2) is 9.06. The minimum atomic E-state index is -3.62. The van der Waals surface area contributed by atoms with Crippen LogP contribution in [0, 0.1) is 11.8 Å². The van der Waals surface area contributed by atoms with E-state index in [2.05, 4.69) is 19.2 Å². The van der Waals surface area contributed by atoms with Gasteiger partial charge in [0.1, 0.15) is 0 Å². The van der Waals surface area contributed by atoms with E-state index in [1.165, 1.54) is 11.2 Å². The molecule has 1 aromatic rings. The van der Waals surface area contributed by atoms with Gasteiger partial charge in [-0.1, -0.05) is 13.8 Å². The molecule has 0 bridgehead atoms. The molecule has 0 aromatic heterocycles. The van der Waals surface area contributed by atoms with Gasteiger partial charge in [-0.3, -0.25) is 9.59 Å². The van der Waals surface area contributed by atoms with Crippen molar-refractivity contribution in [2.24, 2.45) is 11.8 Å². The zero-order valence-corrected chi connectivity index (χ0v) is 19.2. The van der Waals surface area contributed by atoms with Gasteiger partial charge in [0.2, 0.25) is 21.8 Å². The third-order valence-electron chi connectivity index (χ3n) is 6.09. The topological polar surface area (TPSA) is 86.8 Å². The second-order valence-electron chi connectivity index (χ2n) is 8.88. The van der Waals surface area contributed by atoms with E-state index in [0.29, 0.717) is 44.8 Å². The molecule has 166 valence electrons. The van der Waals surface area contributed by atoms with Crippen LogP contribution >= 0.6 is 0 Å². The number of nitrogens with one attached hydrogen (secondary N) is 1. The second-order valence-corrected chi connectivity index (χ2v) is 10.8. The molecule has 1 N–H and O–H groups in total. The van der Waals surface area contributed by atoms with Crippen LogP contribution in [-0.2, 0) is 26.0 Å². The molecule has 1 fully saturated rings. The number of piperidine rings is 1. The number of sulfonamides is 1. The molecule has 1 saturated heterocycles. The SMILES string of the molecule is CC(=O)N1c2ccc(S(=O)(=O)N3CCC(C(=O)NCCC(C)C)CC3)cc2C[C@@H]1C. The lowest BCUT2D eigenvalue weighted by Crippen LogP contribution is -2.43. The Labute approximate surface area is 179 Å². The van der Waals surface area contributed by atoms with E-state index < -0.39 is 10.0 Å². The third-order valence-corrected chi connectivity index (χ3v) is 7.98. The molecule has 8 heteroatoms. The summed E-state index contributed by atoms with van der Waals surface area (Å²) in [6.45, 7) is 9.08. The Kier molecular flexibility index (Phi) is 6.87. The van der Waals surface area contributed by atoms with E-state index in [1.807, 2.05) is 6.92 Å². The van der Waals surface area contributed by atoms with Gasteiger partial charge in [-0.2, -0.15) is 4.31 Å². The maximum atomic E-state index is 13.2. The molecule has 0 unspecified atom stereocenters. The van der Waals surface area contributed by atoms with Gasteiger partial charge in [-0.25, -0.2) is 8.42 Å². The summed E-state index contributed by atoms with van der Waals surface area (Å²) in [5.41, 5.74) is 1.68. The van der Waals surface area contributed by atoms with Gasteiger partial charge in [-0.05, 0) is 62.3 Å². The summed E-state index contributed by atoms with van der Waals surface area (Å²) in [7, 11) is -3.62. The number of hydrogen-bond acceptors (Lipinski definition) is 4. The van der Waals surface area contributed by atoms with Gasteiger partial charge >= 0.3 is 0 Å². The van der Waals surface area contributed by atoms with E-state index in [-0.39, 0.29) is 28.7 Å². The number of benzene rings is 1. The number of anilines is 1. The number of carbonyl (C=O) groups excluding carboxylic acids is 2. The first kappa shape index (κ1) is 22.7. The normalized spacial score (nSPS) is 20.4. The van der Waals surface area contributed by atoms with Crippen molar-refractivity contribution < 1.29 is 18.0 Å². The van der Waals surface area contributed by atoms with Gasteiger partial charge in [0.25, 0.3) is 0 Å². The van der Waals surface area contributed by atoms with E-state index in [4.69, 9.17) is 0 Å². The van der Waals surface area contributed by atoms with Gasteiger partial charge in [0, 0.05) is 44.2 Å². The predicted molar refractivity (Wildman–Crippen MR) is 117 cm³/mol. The first-order valence-corrected chi connectivity index (χ1v) is 12.3. The fourth-order valence-electron chi connectivity index (χ4n) is 4.38. The zero-order valence-electron chi connectivity index (χ0n) is 18.3. The molecule has 0 spiro atoms. The summed E-state index contributed by atoms with van der Waals surface area (Å²) in [4.78, 5) is 26.2. The highest BCUT2D eigenvalue weighted by Crippen LogP contribution is 2.35. The van der Waals surface area contributed by atoms with Crippen LogP contribution in [0.1, 0.15) is 52.5 Å². The number of rotatable bonds is 6. The van der Waals surface area contributed by atoms with Crippen LogP contribution < -0.4 is 10.2 Å². The van der Waals surface area contributed by atoms with Crippen molar-refractivity contribution in [1.29, 1.82) is 0 Å². The largest absolute Gasteiger partial charge is 0.356 e. The smallest absolute Gasteiger partial charge is 0.243 e. The molecule has 1 aromatic carbocycles. The lowest BCUT2D eigenvalue weighted by atomic mass is 9.97. The fourth-order valence-corrected chi connectivity index (χ4v) is 5.90. The van der Waals surface area contributed by atoms with Crippen molar-refractivity contribution in [3.63, 3.8) is 0 Å². The highest BCUT2D eigenvalue weighted by Gasteiger charge is 2.34. The highest BCUT2D eigenvalue weighted by atomic mass is 32.2. The number of hydrogen-bond donors (Lipinski definition) is 1. The van der Waals surface area contributed by atoms with Crippen LogP contribution in [0.25, 0.3) is 0 Å². The molecule has 2 heterocycles. The maximum Gasteiger partial charge on any atom is 0.243 e. The van der Waals surface area contributed by atoms with Crippen LogP contribution in [0.2, 0.25) is 0 Å². The van der Waals surface area contributed by atoms with Crippen molar-refractivity contribution in [3.05, 3.63) is 23.8 Å². The van der Waals surface area contributed by atoms with E-state index in [1.54, 1.807) is 23.1 Å². The number of fused-ring (bicyclic) bond motifs is 1. The summed E-state index contributed by atoms with van der Waals surface area (Å²) >= 11 is 0. The monoisotopic (exact) mass is 435 g/mol. The predicted octanol–water partition coefficient (Wildman–Crippen LogP) is 2.55. The molecule has 7 nitrogen and oxygen atoms in total. The summed E-state index contributed by atoms with van der Waals surface area (Å²) in [5.74, 6) is 0.401. The van der Waals surface area contributed by atoms with Gasteiger partial charge < -0.3 is 10.2 Å². The van der Waals surface area contributed by atoms with Crippen molar-refractivity contribution >= 4 is 27.5 Å². The third kappa shape index (κ3) is 4.70. The van der Waals surface area contributed by atoms with Crippen molar-refractivity contribution in [2.45, 2.75) is 64.3 Å². The first-order chi connectivity index (χ1) is 14.1. The minimum Gasteiger partial charge on any atom is -0.356 e. The Morgan fingerprint density at radius 1 is 1.20 bits per heavy atom. The molecule has 1 atom stereocenters. The lowest BCUT2D eigenvalue weighted by Gasteiger charge is -2.30. The average molecular weight is 436 g/mol. The van der Waals surface area contributed by atoms with Crippen LogP contribution in [-0.4, -0.2) is 50.2 Å². The highest BCUT2D eigenvalue weighted by molar-refractivity contribution is 7.89. The van der Waals surface area contributed by atoms with Crippen LogP contribution in [0.15, 0.2) is 23.1 Å². The Morgan fingerprint density at radius 3 is 2.47 bits per heavy atom. The van der Waals surface area contributed by atoms with Crippen LogP contribution in [0.3, 0.4) is 0 Å². The summed E-state index contributed by atoms with van der Waals surface area (Å²) < 4.78 is 27.8. The van der Waals surface area contributed by atoms with Gasteiger partial charge in [-0.15, -0.1) is 0 Å². The maximum absolute atomic E-state index is 13.2. The van der Waals surface area contributed by atoms with Crippen molar-refractivity contribution in [3.8, 4) is 0 Å². The Balaban J connectivity index is 1.65.